The summed E-state index contributed by atoms with van der Waals surface area (Å²) >= 11 is 0. The van der Waals surface area contributed by atoms with Gasteiger partial charge in [-0.25, -0.2) is 9.98 Å². The number of anilines is 1. The molecule has 0 amide bonds. The van der Waals surface area contributed by atoms with E-state index in [1.807, 2.05) is 30.5 Å². The summed E-state index contributed by atoms with van der Waals surface area (Å²) in [6.07, 6.45) is 1.90. The molecule has 7 heteroatoms. The zero-order chi connectivity index (χ0) is 19.5. The number of aliphatic imine (C=N–C) groups is 1. The predicted octanol–water partition coefficient (Wildman–Crippen LogP) is 3.81. The number of pyridine rings is 1. The van der Waals surface area contributed by atoms with Crippen LogP contribution in [0.5, 0.6) is 5.75 Å². The molecule has 28 heavy (non-hydrogen) atoms. The number of methoxy groups -OCH3 is 1. The lowest BCUT2D eigenvalue weighted by Crippen LogP contribution is -2.36. The van der Waals surface area contributed by atoms with Crippen molar-refractivity contribution in [1.82, 2.24) is 15.6 Å². The van der Waals surface area contributed by atoms with Gasteiger partial charge in [0.1, 0.15) is 11.6 Å². The third kappa shape index (κ3) is 7.18. The molecule has 2 N–H and O–H groups in total. The van der Waals surface area contributed by atoms with Crippen LogP contribution in [0.3, 0.4) is 0 Å². The summed E-state index contributed by atoms with van der Waals surface area (Å²) in [4.78, 5) is 11.5. The molecule has 0 atom stereocenters. The summed E-state index contributed by atoms with van der Waals surface area (Å²) in [6.45, 7) is 10.3. The Kier molecular flexibility index (Phi) is 11.3. The van der Waals surface area contributed by atoms with Gasteiger partial charge in [0.05, 0.1) is 13.7 Å². The zero-order valence-electron chi connectivity index (χ0n) is 17.2. The average molecular weight is 497 g/mol. The van der Waals surface area contributed by atoms with Gasteiger partial charge in [-0.15, -0.1) is 24.0 Å². The van der Waals surface area contributed by atoms with Gasteiger partial charge < -0.3 is 20.3 Å². The number of hydrogen-bond acceptors (Lipinski definition) is 4. The minimum atomic E-state index is 0. The Morgan fingerprint density at radius 3 is 2.43 bits per heavy atom. The molecule has 0 bridgehead atoms. The maximum atomic E-state index is 5.40. The fourth-order valence-corrected chi connectivity index (χ4v) is 2.78. The minimum Gasteiger partial charge on any atom is -0.496 e. The molecule has 2 rings (SSSR count). The van der Waals surface area contributed by atoms with Crippen LogP contribution in [0.4, 0.5) is 5.82 Å². The van der Waals surface area contributed by atoms with Crippen LogP contribution in [0.1, 0.15) is 31.9 Å². The fraction of sp³-hybridized carbons (Fsp3) is 0.429. The van der Waals surface area contributed by atoms with Gasteiger partial charge in [-0.1, -0.05) is 24.3 Å². The molecule has 154 valence electrons. The highest BCUT2D eigenvalue weighted by Crippen LogP contribution is 2.16. The topological polar surface area (TPSA) is 61.8 Å². The molecule has 0 aliphatic carbocycles. The lowest BCUT2D eigenvalue weighted by Gasteiger charge is -2.19. The van der Waals surface area contributed by atoms with E-state index in [0.29, 0.717) is 13.1 Å². The van der Waals surface area contributed by atoms with Gasteiger partial charge in [-0.3, -0.25) is 0 Å². The number of para-hydroxylation sites is 1. The predicted molar refractivity (Wildman–Crippen MR) is 128 cm³/mol. The van der Waals surface area contributed by atoms with Gasteiger partial charge in [-0.05, 0) is 38.5 Å². The highest BCUT2D eigenvalue weighted by molar-refractivity contribution is 14.0. The Hall–Kier alpha value is -2.03. The quantitative estimate of drug-likeness (QED) is 0.314. The maximum absolute atomic E-state index is 5.40. The molecule has 1 heterocycles. The lowest BCUT2D eigenvalue weighted by atomic mass is 10.2. The van der Waals surface area contributed by atoms with Gasteiger partial charge in [-0.2, -0.15) is 0 Å². The van der Waals surface area contributed by atoms with Crippen molar-refractivity contribution in [3.05, 3.63) is 53.7 Å². The summed E-state index contributed by atoms with van der Waals surface area (Å²) in [7, 11) is 1.69. The van der Waals surface area contributed by atoms with Crippen LogP contribution in [0.25, 0.3) is 0 Å². The molecular formula is C21H32IN5O. The molecule has 0 radical (unpaired) electrons. The fourth-order valence-electron chi connectivity index (χ4n) is 2.78. The van der Waals surface area contributed by atoms with Crippen molar-refractivity contribution in [3.63, 3.8) is 0 Å². The first-order chi connectivity index (χ1) is 13.2. The SMILES string of the molecule is CCNC(=NCc1ccc(N(CC)CC)nc1)NCc1ccccc1OC.I. The van der Waals surface area contributed by atoms with Gasteiger partial charge >= 0.3 is 0 Å². The summed E-state index contributed by atoms with van der Waals surface area (Å²) in [5.41, 5.74) is 2.18. The number of nitrogens with one attached hydrogen (secondary N) is 2. The number of halogens is 1. The molecule has 6 nitrogen and oxygen atoms in total. The van der Waals surface area contributed by atoms with Crippen LogP contribution in [-0.2, 0) is 13.1 Å². The molecule has 0 spiro atoms. The van der Waals surface area contributed by atoms with Crippen LogP contribution in [-0.4, -0.2) is 37.7 Å². The van der Waals surface area contributed by atoms with Crippen molar-refractivity contribution in [2.75, 3.05) is 31.6 Å². The molecular weight excluding hydrogens is 465 g/mol. The number of benzene rings is 1. The highest BCUT2D eigenvalue weighted by Gasteiger charge is 2.05. The Morgan fingerprint density at radius 1 is 1.07 bits per heavy atom. The standard InChI is InChI=1S/C21H31N5O.HI/c1-5-22-21(25-16-18-10-8-9-11-19(18)27-4)24-15-17-12-13-20(23-14-17)26(6-2)7-3;/h8-14H,5-7,15-16H2,1-4H3,(H2,22,24,25);1H. The van der Waals surface area contributed by atoms with Gasteiger partial charge in [0.2, 0.25) is 0 Å². The molecule has 0 aliphatic heterocycles. The van der Waals surface area contributed by atoms with Crippen LogP contribution >= 0.6 is 24.0 Å². The van der Waals surface area contributed by atoms with Gasteiger partial charge in [0.25, 0.3) is 0 Å². The van der Waals surface area contributed by atoms with E-state index in [9.17, 15) is 0 Å². The normalized spacial score (nSPS) is 10.8. The molecule has 1 aromatic carbocycles. The molecule has 2 aromatic rings. The molecule has 0 unspecified atom stereocenters. The van der Waals surface area contributed by atoms with Crippen molar-refractivity contribution >= 4 is 35.8 Å². The van der Waals surface area contributed by atoms with Crippen molar-refractivity contribution in [3.8, 4) is 5.75 Å². The molecule has 0 aliphatic rings. The van der Waals surface area contributed by atoms with E-state index in [4.69, 9.17) is 4.74 Å². The minimum absolute atomic E-state index is 0. The first kappa shape index (κ1) is 24.0. The van der Waals surface area contributed by atoms with E-state index >= 15 is 0 Å². The van der Waals surface area contributed by atoms with E-state index in [2.05, 4.69) is 58.4 Å². The van der Waals surface area contributed by atoms with Gasteiger partial charge in [0.15, 0.2) is 5.96 Å². The van der Waals surface area contributed by atoms with Crippen LogP contribution in [0.15, 0.2) is 47.6 Å². The van der Waals surface area contributed by atoms with Crippen molar-refractivity contribution in [2.45, 2.75) is 33.9 Å². The summed E-state index contributed by atoms with van der Waals surface area (Å²) < 4.78 is 5.40. The Bertz CT molecular complexity index is 717. The molecule has 0 saturated carbocycles. The number of rotatable bonds is 9. The van der Waals surface area contributed by atoms with Crippen LogP contribution in [0, 0.1) is 0 Å². The maximum Gasteiger partial charge on any atom is 0.191 e. The Balaban J connectivity index is 0.00000392. The first-order valence-corrected chi connectivity index (χ1v) is 9.55. The smallest absolute Gasteiger partial charge is 0.191 e. The van der Waals surface area contributed by atoms with E-state index in [-0.39, 0.29) is 24.0 Å². The monoisotopic (exact) mass is 497 g/mol. The van der Waals surface area contributed by atoms with Crippen molar-refractivity contribution < 1.29 is 4.74 Å². The number of nitrogens with zero attached hydrogens (tertiary/aromatic N) is 3. The number of hydrogen-bond donors (Lipinski definition) is 2. The highest BCUT2D eigenvalue weighted by atomic mass is 127. The number of ether oxygens (including phenoxy) is 1. The lowest BCUT2D eigenvalue weighted by molar-refractivity contribution is 0.409. The number of aromatic nitrogens is 1. The average Bonchev–Trinajstić information content (AvgIpc) is 2.72. The van der Waals surface area contributed by atoms with Gasteiger partial charge in [0, 0.05) is 37.9 Å². The van der Waals surface area contributed by atoms with E-state index in [1.54, 1.807) is 7.11 Å². The second-order valence-electron chi connectivity index (χ2n) is 6.06. The molecule has 1 aromatic heterocycles. The van der Waals surface area contributed by atoms with Crippen molar-refractivity contribution in [2.24, 2.45) is 4.99 Å². The van der Waals surface area contributed by atoms with Crippen molar-refractivity contribution in [1.29, 1.82) is 0 Å². The number of guanidine groups is 1. The third-order valence-electron chi connectivity index (χ3n) is 4.30. The van der Waals surface area contributed by atoms with Crippen LogP contribution < -0.4 is 20.3 Å². The zero-order valence-corrected chi connectivity index (χ0v) is 19.6. The largest absolute Gasteiger partial charge is 0.496 e. The molecule has 0 saturated heterocycles. The second kappa shape index (κ2) is 13.2. The molecule has 0 fully saturated rings. The Labute approximate surface area is 185 Å². The summed E-state index contributed by atoms with van der Waals surface area (Å²) in [5.74, 6) is 2.65. The summed E-state index contributed by atoms with van der Waals surface area (Å²) in [5, 5.41) is 6.64. The second-order valence-corrected chi connectivity index (χ2v) is 6.06. The van der Waals surface area contributed by atoms with E-state index in [1.165, 1.54) is 0 Å². The summed E-state index contributed by atoms with van der Waals surface area (Å²) in [6, 6.07) is 12.1. The van der Waals surface area contributed by atoms with E-state index < -0.39 is 0 Å². The third-order valence-corrected chi connectivity index (χ3v) is 4.30. The Morgan fingerprint density at radius 2 is 1.82 bits per heavy atom. The van der Waals surface area contributed by atoms with E-state index in [0.717, 1.165) is 48.3 Å². The first-order valence-electron chi connectivity index (χ1n) is 9.55. The van der Waals surface area contributed by atoms with Crippen LogP contribution in [0.2, 0.25) is 0 Å².